The van der Waals surface area contributed by atoms with Gasteiger partial charge in [0.2, 0.25) is 0 Å². The Morgan fingerprint density at radius 2 is 1.60 bits per heavy atom. The fraction of sp³-hybridized carbons (Fsp3) is 0.318. The van der Waals surface area contributed by atoms with Gasteiger partial charge in [-0.15, -0.1) is 0 Å². The molecule has 1 atom stereocenters. The zero-order valence-electron chi connectivity index (χ0n) is 15.1. The second-order valence-corrected chi connectivity index (χ2v) is 7.69. The molecule has 2 aromatic carbocycles. The maximum atomic E-state index is 12.8. The van der Waals surface area contributed by atoms with E-state index in [0.29, 0.717) is 11.4 Å². The van der Waals surface area contributed by atoms with E-state index in [-0.39, 0.29) is 5.97 Å². The average Bonchev–Trinajstić information content (AvgIpc) is 2.54. The van der Waals surface area contributed by atoms with Gasteiger partial charge >= 0.3 is 5.97 Å². The van der Waals surface area contributed by atoms with Gasteiger partial charge in [0.1, 0.15) is 11.0 Å². The lowest BCUT2D eigenvalue weighted by Crippen LogP contribution is -2.36. The van der Waals surface area contributed by atoms with Gasteiger partial charge < -0.3 is 4.74 Å². The Hall–Kier alpha value is -2.24. The number of halogens is 1. The van der Waals surface area contributed by atoms with Crippen molar-refractivity contribution in [2.24, 2.45) is 5.41 Å². The SMILES string of the molecule is CC(C)(C)OC(=O)[C@](C)(C#Cc1ccc(Cl)cc1)Cc1ccccc1. The Labute approximate surface area is 155 Å². The fourth-order valence-corrected chi connectivity index (χ4v) is 2.43. The van der Waals surface area contributed by atoms with Gasteiger partial charge in [0, 0.05) is 10.6 Å². The quantitative estimate of drug-likeness (QED) is 0.553. The molecule has 0 bridgehead atoms. The highest BCUT2D eigenvalue weighted by molar-refractivity contribution is 6.30. The highest BCUT2D eigenvalue weighted by Gasteiger charge is 2.36. The van der Waals surface area contributed by atoms with E-state index in [1.807, 2.05) is 70.2 Å². The molecule has 25 heavy (non-hydrogen) atoms. The second kappa shape index (κ2) is 7.76. The molecule has 0 unspecified atom stereocenters. The van der Waals surface area contributed by atoms with Crippen LogP contribution in [0, 0.1) is 17.3 Å². The minimum absolute atomic E-state index is 0.315. The number of rotatable bonds is 3. The Balaban J connectivity index is 2.34. The fourth-order valence-electron chi connectivity index (χ4n) is 2.31. The first-order chi connectivity index (χ1) is 11.7. The molecule has 0 amide bonds. The van der Waals surface area contributed by atoms with E-state index in [0.717, 1.165) is 11.1 Å². The van der Waals surface area contributed by atoms with Crippen molar-refractivity contribution in [3.05, 3.63) is 70.7 Å². The summed E-state index contributed by atoms with van der Waals surface area (Å²) in [5.41, 5.74) is 0.360. The Morgan fingerprint density at radius 3 is 2.16 bits per heavy atom. The molecule has 0 N–H and O–H groups in total. The minimum Gasteiger partial charge on any atom is -0.459 e. The Morgan fingerprint density at radius 1 is 1.00 bits per heavy atom. The summed E-state index contributed by atoms with van der Waals surface area (Å²) < 4.78 is 5.62. The third-order valence-corrected chi connectivity index (χ3v) is 3.83. The summed E-state index contributed by atoms with van der Waals surface area (Å²) in [7, 11) is 0. The predicted octanol–water partition coefficient (Wildman–Crippen LogP) is 5.28. The number of esters is 1. The van der Waals surface area contributed by atoms with E-state index in [2.05, 4.69) is 11.8 Å². The summed E-state index contributed by atoms with van der Waals surface area (Å²) in [5.74, 6) is 5.91. The van der Waals surface area contributed by atoms with Crippen LogP contribution in [-0.4, -0.2) is 11.6 Å². The number of benzene rings is 2. The second-order valence-electron chi connectivity index (χ2n) is 7.25. The van der Waals surface area contributed by atoms with Gasteiger partial charge in [-0.1, -0.05) is 53.8 Å². The van der Waals surface area contributed by atoms with Crippen molar-refractivity contribution in [3.63, 3.8) is 0 Å². The standard InChI is InChI=1S/C22H23ClO2/c1-21(2,3)25-20(24)22(4,16-18-8-6-5-7-9-18)15-14-17-10-12-19(23)13-11-17/h5-13H,16H2,1-4H3/t22-/m1/s1. The summed E-state index contributed by atoms with van der Waals surface area (Å²) >= 11 is 5.91. The van der Waals surface area contributed by atoms with Gasteiger partial charge in [-0.05, 0) is 63.9 Å². The van der Waals surface area contributed by atoms with E-state index in [1.54, 1.807) is 12.1 Å². The van der Waals surface area contributed by atoms with Crippen molar-refractivity contribution in [2.45, 2.75) is 39.7 Å². The van der Waals surface area contributed by atoms with Crippen LogP contribution in [0.1, 0.15) is 38.8 Å². The van der Waals surface area contributed by atoms with Crippen molar-refractivity contribution in [1.82, 2.24) is 0 Å². The lowest BCUT2D eigenvalue weighted by Gasteiger charge is -2.28. The van der Waals surface area contributed by atoms with Gasteiger partial charge in [-0.25, -0.2) is 0 Å². The summed E-state index contributed by atoms with van der Waals surface area (Å²) in [4.78, 5) is 12.8. The zero-order chi connectivity index (χ0) is 18.5. The Kier molecular flexibility index (Phi) is 5.93. The number of hydrogen-bond acceptors (Lipinski definition) is 2. The first kappa shape index (κ1) is 19.1. The Bertz CT molecular complexity index is 777. The van der Waals surface area contributed by atoms with E-state index in [9.17, 15) is 4.79 Å². The molecule has 0 radical (unpaired) electrons. The van der Waals surface area contributed by atoms with Gasteiger partial charge in [-0.3, -0.25) is 4.79 Å². The highest BCUT2D eigenvalue weighted by Crippen LogP contribution is 2.26. The summed E-state index contributed by atoms with van der Waals surface area (Å²) in [6.45, 7) is 7.42. The van der Waals surface area contributed by atoms with E-state index in [1.165, 1.54) is 0 Å². The largest absolute Gasteiger partial charge is 0.459 e. The molecule has 2 nitrogen and oxygen atoms in total. The van der Waals surface area contributed by atoms with E-state index < -0.39 is 11.0 Å². The van der Waals surface area contributed by atoms with Crippen molar-refractivity contribution in [2.75, 3.05) is 0 Å². The topological polar surface area (TPSA) is 26.3 Å². The maximum Gasteiger partial charge on any atom is 0.324 e. The third-order valence-electron chi connectivity index (χ3n) is 3.58. The molecule has 0 fully saturated rings. The van der Waals surface area contributed by atoms with Crippen molar-refractivity contribution in [3.8, 4) is 11.8 Å². The molecular weight excluding hydrogens is 332 g/mol. The first-order valence-electron chi connectivity index (χ1n) is 8.24. The van der Waals surface area contributed by atoms with Crippen LogP contribution in [0.25, 0.3) is 0 Å². The minimum atomic E-state index is -0.936. The summed E-state index contributed by atoms with van der Waals surface area (Å²) in [6, 6.07) is 17.1. The lowest BCUT2D eigenvalue weighted by molar-refractivity contribution is -0.163. The van der Waals surface area contributed by atoms with Gasteiger partial charge in [0.05, 0.1) is 0 Å². The van der Waals surface area contributed by atoms with Crippen molar-refractivity contribution >= 4 is 17.6 Å². The van der Waals surface area contributed by atoms with Crippen LogP contribution in [0.4, 0.5) is 0 Å². The molecule has 0 saturated heterocycles. The molecule has 130 valence electrons. The molecule has 0 aliphatic carbocycles. The van der Waals surface area contributed by atoms with Gasteiger partial charge in [0.15, 0.2) is 0 Å². The highest BCUT2D eigenvalue weighted by atomic mass is 35.5. The molecular formula is C22H23ClO2. The molecule has 0 aliphatic heterocycles. The molecule has 3 heteroatoms. The van der Waals surface area contributed by atoms with Crippen LogP contribution in [0.2, 0.25) is 5.02 Å². The average molecular weight is 355 g/mol. The molecule has 2 rings (SSSR count). The third kappa shape index (κ3) is 5.96. The van der Waals surface area contributed by atoms with Gasteiger partial charge in [-0.2, -0.15) is 0 Å². The van der Waals surface area contributed by atoms with Crippen molar-refractivity contribution in [1.29, 1.82) is 0 Å². The van der Waals surface area contributed by atoms with E-state index in [4.69, 9.17) is 16.3 Å². The number of carbonyl (C=O) groups excluding carboxylic acids is 1. The number of ether oxygens (including phenoxy) is 1. The first-order valence-corrected chi connectivity index (χ1v) is 8.62. The molecule has 0 spiro atoms. The zero-order valence-corrected chi connectivity index (χ0v) is 15.9. The van der Waals surface area contributed by atoms with Crippen LogP contribution in [0.15, 0.2) is 54.6 Å². The maximum absolute atomic E-state index is 12.8. The van der Waals surface area contributed by atoms with Crippen molar-refractivity contribution < 1.29 is 9.53 Å². The smallest absolute Gasteiger partial charge is 0.324 e. The number of hydrogen-bond donors (Lipinski definition) is 0. The molecule has 0 saturated carbocycles. The van der Waals surface area contributed by atoms with Crippen LogP contribution >= 0.6 is 11.6 Å². The molecule has 0 aliphatic rings. The van der Waals surface area contributed by atoms with Crippen LogP contribution < -0.4 is 0 Å². The lowest BCUT2D eigenvalue weighted by atomic mass is 9.83. The summed E-state index contributed by atoms with van der Waals surface area (Å²) in [5, 5.41) is 0.657. The molecule has 0 heterocycles. The normalized spacial score (nSPS) is 13.3. The summed E-state index contributed by atoms with van der Waals surface area (Å²) in [6.07, 6.45) is 0.489. The predicted molar refractivity (Wildman–Crippen MR) is 102 cm³/mol. The molecule has 2 aromatic rings. The monoisotopic (exact) mass is 354 g/mol. The van der Waals surface area contributed by atoms with Crippen LogP contribution in [0.3, 0.4) is 0 Å². The van der Waals surface area contributed by atoms with Gasteiger partial charge in [0.25, 0.3) is 0 Å². The number of carbonyl (C=O) groups is 1. The van der Waals surface area contributed by atoms with Crippen LogP contribution in [-0.2, 0) is 16.0 Å². The molecule has 0 aromatic heterocycles. The van der Waals surface area contributed by atoms with E-state index >= 15 is 0 Å². The van der Waals surface area contributed by atoms with Crippen LogP contribution in [0.5, 0.6) is 0 Å².